The predicted molar refractivity (Wildman–Crippen MR) is 118 cm³/mol. The van der Waals surface area contributed by atoms with Gasteiger partial charge in [-0.3, -0.25) is 0 Å². The Balaban J connectivity index is 0.000000878. The molecule has 28 heavy (non-hydrogen) atoms. The van der Waals surface area contributed by atoms with Gasteiger partial charge in [-0.15, -0.1) is 6.58 Å². The summed E-state index contributed by atoms with van der Waals surface area (Å²) >= 11 is 0. The maximum Gasteiger partial charge on any atom is 0.335 e. The predicted octanol–water partition coefficient (Wildman–Crippen LogP) is 6.77. The van der Waals surface area contributed by atoms with E-state index in [9.17, 15) is 9.90 Å². The van der Waals surface area contributed by atoms with Gasteiger partial charge in [0.1, 0.15) is 0 Å². The van der Waals surface area contributed by atoms with Crippen LogP contribution in [0.3, 0.4) is 0 Å². The molecule has 0 saturated heterocycles. The molecule has 3 heteroatoms. The van der Waals surface area contributed by atoms with Crippen LogP contribution < -0.4 is 0 Å². The van der Waals surface area contributed by atoms with Gasteiger partial charge in [0.2, 0.25) is 0 Å². The van der Waals surface area contributed by atoms with Crippen LogP contribution in [0.5, 0.6) is 0 Å². The molecule has 1 aromatic heterocycles. The Kier molecular flexibility index (Phi) is 7.16. The Morgan fingerprint density at radius 2 is 1.68 bits per heavy atom. The Labute approximate surface area is 167 Å². The third-order valence-corrected chi connectivity index (χ3v) is 4.52. The smallest absolute Gasteiger partial charge is 0.335 e. The normalized spacial score (nSPS) is 10.8. The monoisotopic (exact) mass is 373 g/mol. The number of hydrogen-bond donors (Lipinski definition) is 1. The van der Waals surface area contributed by atoms with Crippen LogP contribution in [0.15, 0.2) is 79.4 Å². The fourth-order valence-corrected chi connectivity index (χ4v) is 3.07. The van der Waals surface area contributed by atoms with Gasteiger partial charge in [-0.2, -0.15) is 0 Å². The second-order valence-corrected chi connectivity index (χ2v) is 6.47. The van der Waals surface area contributed by atoms with Crippen LogP contribution in [0.1, 0.15) is 42.5 Å². The summed E-state index contributed by atoms with van der Waals surface area (Å²) in [5.41, 5.74) is 6.75. The molecule has 0 unspecified atom stereocenters. The summed E-state index contributed by atoms with van der Waals surface area (Å²) in [5, 5.41) is 9.31. The number of rotatable bonds is 4. The lowest BCUT2D eigenvalue weighted by Crippen LogP contribution is -2.04. The highest BCUT2D eigenvalue weighted by molar-refractivity contribution is 5.88. The van der Waals surface area contributed by atoms with E-state index in [0.717, 1.165) is 33.8 Å². The van der Waals surface area contributed by atoms with Gasteiger partial charge >= 0.3 is 5.97 Å². The highest BCUT2D eigenvalue weighted by Crippen LogP contribution is 2.33. The van der Waals surface area contributed by atoms with Crippen molar-refractivity contribution >= 4 is 11.5 Å². The lowest BCUT2D eigenvalue weighted by molar-refractivity contribution is 0.0697. The molecule has 1 heterocycles. The molecule has 3 aromatic rings. The van der Waals surface area contributed by atoms with E-state index in [2.05, 4.69) is 49.3 Å². The van der Waals surface area contributed by atoms with E-state index in [1.165, 1.54) is 0 Å². The first-order valence-corrected chi connectivity index (χ1v) is 9.26. The summed E-state index contributed by atoms with van der Waals surface area (Å²) in [5.74, 6) is -0.917. The molecule has 3 rings (SSSR count). The van der Waals surface area contributed by atoms with Crippen LogP contribution in [0.25, 0.3) is 22.4 Å². The summed E-state index contributed by atoms with van der Waals surface area (Å²) in [7, 11) is 0. The minimum absolute atomic E-state index is 0.288. The molecule has 144 valence electrons. The Bertz CT molecular complexity index is 995. The maximum atomic E-state index is 11.4. The molecule has 3 nitrogen and oxygen atoms in total. The Morgan fingerprint density at radius 1 is 1.04 bits per heavy atom. The van der Waals surface area contributed by atoms with Crippen LogP contribution in [0, 0.1) is 6.92 Å². The van der Waals surface area contributed by atoms with Crippen LogP contribution in [0.4, 0.5) is 0 Å². The minimum Gasteiger partial charge on any atom is -0.478 e. The quantitative estimate of drug-likeness (QED) is 0.513. The average molecular weight is 373 g/mol. The van der Waals surface area contributed by atoms with Gasteiger partial charge in [0.05, 0.1) is 5.56 Å². The first-order valence-electron chi connectivity index (χ1n) is 9.26. The molecule has 0 saturated carbocycles. The third-order valence-electron chi connectivity index (χ3n) is 4.52. The van der Waals surface area contributed by atoms with Gasteiger partial charge in [0, 0.05) is 22.6 Å². The van der Waals surface area contributed by atoms with Gasteiger partial charge in [-0.05, 0) is 63.1 Å². The first-order chi connectivity index (χ1) is 13.4. The van der Waals surface area contributed by atoms with Gasteiger partial charge in [0.15, 0.2) is 0 Å². The molecule has 0 atom stereocenters. The molecule has 0 aliphatic heterocycles. The molecule has 0 amide bonds. The van der Waals surface area contributed by atoms with Crippen molar-refractivity contribution in [2.75, 3.05) is 0 Å². The summed E-state index contributed by atoms with van der Waals surface area (Å²) in [6.07, 6.45) is 3.82. The first kappa shape index (κ1) is 21.0. The number of nitrogens with zero attached hydrogens (tertiary/aromatic N) is 1. The fraction of sp³-hybridized carbons (Fsp3) is 0.160. The molecule has 0 bridgehead atoms. The van der Waals surface area contributed by atoms with Crippen molar-refractivity contribution in [3.8, 4) is 16.8 Å². The fourth-order valence-electron chi connectivity index (χ4n) is 3.07. The van der Waals surface area contributed by atoms with Crippen molar-refractivity contribution < 1.29 is 9.90 Å². The van der Waals surface area contributed by atoms with E-state index in [4.69, 9.17) is 0 Å². The standard InChI is InChI=1S/C22H21NO2.C3H6/c1-4-15(2)21-14-20(17-9-6-5-7-10-17)16(3)23(21)19-12-8-11-18(13-19)22(24)25;1-3-2/h4-14H,1-3H3,(H,24,25);3H,1H2,2H3/b15-4+;. The highest BCUT2D eigenvalue weighted by Gasteiger charge is 2.16. The molecule has 1 N–H and O–H groups in total. The molecular formula is C25H27NO2. The summed E-state index contributed by atoms with van der Waals surface area (Å²) in [6, 6.07) is 19.5. The van der Waals surface area contributed by atoms with Crippen LogP contribution in [0.2, 0.25) is 0 Å². The van der Waals surface area contributed by atoms with E-state index >= 15 is 0 Å². The van der Waals surface area contributed by atoms with Crippen LogP contribution >= 0.6 is 0 Å². The van der Waals surface area contributed by atoms with Gasteiger partial charge in [-0.25, -0.2) is 4.79 Å². The van der Waals surface area contributed by atoms with Gasteiger partial charge in [0.25, 0.3) is 0 Å². The van der Waals surface area contributed by atoms with Crippen LogP contribution in [-0.4, -0.2) is 15.6 Å². The lowest BCUT2D eigenvalue weighted by atomic mass is 10.1. The zero-order valence-electron chi connectivity index (χ0n) is 16.9. The molecule has 0 spiro atoms. The van der Waals surface area contributed by atoms with E-state index in [1.54, 1.807) is 24.3 Å². The van der Waals surface area contributed by atoms with Crippen molar-refractivity contribution in [3.63, 3.8) is 0 Å². The van der Waals surface area contributed by atoms with E-state index < -0.39 is 5.97 Å². The summed E-state index contributed by atoms with van der Waals surface area (Å²) in [6.45, 7) is 11.4. The lowest BCUT2D eigenvalue weighted by Gasteiger charge is -2.13. The van der Waals surface area contributed by atoms with Gasteiger partial charge < -0.3 is 9.67 Å². The molecular weight excluding hydrogens is 346 g/mol. The number of carboxylic acid groups (broad SMARTS) is 1. The zero-order chi connectivity index (χ0) is 20.7. The largest absolute Gasteiger partial charge is 0.478 e. The second-order valence-electron chi connectivity index (χ2n) is 6.47. The summed E-state index contributed by atoms with van der Waals surface area (Å²) < 4.78 is 2.13. The van der Waals surface area contributed by atoms with E-state index in [1.807, 2.05) is 38.1 Å². The van der Waals surface area contributed by atoms with Crippen molar-refractivity contribution in [1.82, 2.24) is 4.57 Å². The summed E-state index contributed by atoms with van der Waals surface area (Å²) in [4.78, 5) is 11.4. The van der Waals surface area contributed by atoms with E-state index in [0.29, 0.717) is 0 Å². The molecule has 0 aliphatic rings. The van der Waals surface area contributed by atoms with E-state index in [-0.39, 0.29) is 5.56 Å². The third kappa shape index (κ3) is 4.49. The average Bonchev–Trinajstić information content (AvgIpc) is 3.06. The minimum atomic E-state index is -0.917. The molecule has 0 radical (unpaired) electrons. The number of hydrogen-bond acceptors (Lipinski definition) is 1. The van der Waals surface area contributed by atoms with Crippen molar-refractivity contribution in [2.45, 2.75) is 27.7 Å². The van der Waals surface area contributed by atoms with Crippen LogP contribution in [-0.2, 0) is 0 Å². The molecule has 0 aliphatic carbocycles. The maximum absolute atomic E-state index is 11.4. The second kappa shape index (κ2) is 9.56. The van der Waals surface area contributed by atoms with Gasteiger partial charge in [-0.1, -0.05) is 48.6 Å². The number of allylic oxidation sites excluding steroid dienone is 3. The number of benzene rings is 2. The van der Waals surface area contributed by atoms with Crippen molar-refractivity contribution in [1.29, 1.82) is 0 Å². The Morgan fingerprint density at radius 3 is 2.25 bits per heavy atom. The molecule has 2 aromatic carbocycles. The SMILES string of the molecule is C/C=C(\C)c1cc(-c2ccccc2)c(C)n1-c1cccc(C(=O)O)c1.C=CC. The number of carbonyl (C=O) groups is 1. The number of carboxylic acids is 1. The zero-order valence-corrected chi connectivity index (χ0v) is 16.9. The Hall–Kier alpha value is -3.33. The molecule has 0 fully saturated rings. The highest BCUT2D eigenvalue weighted by atomic mass is 16.4. The number of aromatic nitrogens is 1. The van der Waals surface area contributed by atoms with Crippen molar-refractivity contribution in [2.24, 2.45) is 0 Å². The number of aromatic carboxylic acids is 1. The topological polar surface area (TPSA) is 42.2 Å². The van der Waals surface area contributed by atoms with Crippen molar-refractivity contribution in [3.05, 3.63) is 96.3 Å².